The lowest BCUT2D eigenvalue weighted by atomic mass is 10.2. The summed E-state index contributed by atoms with van der Waals surface area (Å²) in [6.07, 6.45) is 4.91. The van der Waals surface area contributed by atoms with E-state index < -0.39 is 0 Å². The molecule has 0 saturated carbocycles. The van der Waals surface area contributed by atoms with Crippen LogP contribution in [0.2, 0.25) is 0 Å². The lowest BCUT2D eigenvalue weighted by molar-refractivity contribution is -0.133. The van der Waals surface area contributed by atoms with Crippen LogP contribution in [-0.2, 0) is 16.1 Å². The Morgan fingerprint density at radius 3 is 2.85 bits per heavy atom. The van der Waals surface area contributed by atoms with Crippen LogP contribution in [0.4, 0.5) is 5.69 Å². The molecule has 0 aromatic carbocycles. The Labute approximate surface area is 160 Å². The molecule has 8 nitrogen and oxygen atoms in total. The maximum Gasteiger partial charge on any atom is 0.269 e. The predicted molar refractivity (Wildman–Crippen MR) is 104 cm³/mol. The molecule has 3 heterocycles. The number of hydrogen-bond donors (Lipinski definition) is 0. The fourth-order valence-corrected chi connectivity index (χ4v) is 3.69. The molecule has 8 heteroatoms. The van der Waals surface area contributed by atoms with Crippen molar-refractivity contribution >= 4 is 11.6 Å². The van der Waals surface area contributed by atoms with Crippen LogP contribution < -0.4 is 10.5 Å². The van der Waals surface area contributed by atoms with Crippen molar-refractivity contribution in [1.82, 2.24) is 19.6 Å². The number of rotatable bonds is 6. The van der Waals surface area contributed by atoms with Crippen LogP contribution in [0.1, 0.15) is 26.2 Å². The molecule has 1 atom stereocenters. The topological polar surface area (TPSA) is 70.9 Å². The second kappa shape index (κ2) is 9.32. The van der Waals surface area contributed by atoms with Gasteiger partial charge in [0, 0.05) is 45.4 Å². The SMILES string of the molecule is CCN(CC1CCCO1)C(=O)Cn1ncc(N2CCCN(C)CC2)cc1=O. The summed E-state index contributed by atoms with van der Waals surface area (Å²) in [5.74, 6) is -0.0910. The van der Waals surface area contributed by atoms with Crippen molar-refractivity contribution in [3.8, 4) is 0 Å². The first kappa shape index (κ1) is 19.8. The van der Waals surface area contributed by atoms with Gasteiger partial charge in [-0.05, 0) is 39.8 Å². The average molecular weight is 377 g/mol. The molecule has 27 heavy (non-hydrogen) atoms. The molecular formula is C19H31N5O3. The molecule has 0 bridgehead atoms. The number of likely N-dealkylation sites (N-methyl/N-ethyl adjacent to an activating group) is 2. The Morgan fingerprint density at radius 1 is 1.30 bits per heavy atom. The summed E-state index contributed by atoms with van der Waals surface area (Å²) >= 11 is 0. The summed E-state index contributed by atoms with van der Waals surface area (Å²) in [5.41, 5.74) is 0.609. The summed E-state index contributed by atoms with van der Waals surface area (Å²) in [6, 6.07) is 1.60. The van der Waals surface area contributed by atoms with E-state index in [0.29, 0.717) is 13.1 Å². The van der Waals surface area contributed by atoms with Gasteiger partial charge in [0.15, 0.2) is 0 Å². The van der Waals surface area contributed by atoms with E-state index in [4.69, 9.17) is 4.74 Å². The van der Waals surface area contributed by atoms with Crippen molar-refractivity contribution in [3.05, 3.63) is 22.6 Å². The molecule has 2 aliphatic heterocycles. The van der Waals surface area contributed by atoms with Crippen molar-refractivity contribution < 1.29 is 9.53 Å². The van der Waals surface area contributed by atoms with Gasteiger partial charge >= 0.3 is 0 Å². The zero-order chi connectivity index (χ0) is 19.2. The van der Waals surface area contributed by atoms with Gasteiger partial charge in [0.1, 0.15) is 6.54 Å². The highest BCUT2D eigenvalue weighted by Crippen LogP contribution is 2.14. The normalized spacial score (nSPS) is 21.3. The highest BCUT2D eigenvalue weighted by Gasteiger charge is 2.22. The zero-order valence-corrected chi connectivity index (χ0v) is 16.5. The van der Waals surface area contributed by atoms with E-state index in [2.05, 4.69) is 21.9 Å². The molecule has 1 aromatic rings. The van der Waals surface area contributed by atoms with E-state index in [1.165, 1.54) is 4.68 Å². The third kappa shape index (κ3) is 5.29. The molecule has 1 amide bonds. The molecule has 1 unspecified atom stereocenters. The van der Waals surface area contributed by atoms with Gasteiger partial charge in [-0.3, -0.25) is 9.59 Å². The predicted octanol–water partition coefficient (Wildman–Crippen LogP) is 0.413. The lowest BCUT2D eigenvalue weighted by Gasteiger charge is -2.24. The van der Waals surface area contributed by atoms with Crippen molar-refractivity contribution in [1.29, 1.82) is 0 Å². The number of amides is 1. The Balaban J connectivity index is 1.62. The number of carbonyl (C=O) groups excluding carboxylic acids is 1. The number of nitrogens with zero attached hydrogens (tertiary/aromatic N) is 5. The van der Waals surface area contributed by atoms with Crippen molar-refractivity contribution in [2.24, 2.45) is 0 Å². The quantitative estimate of drug-likeness (QED) is 0.715. The standard InChI is InChI=1S/C19H31N5O3/c1-3-22(14-17-6-4-11-27-17)19(26)15-24-18(25)12-16(13-20-24)23-8-5-7-21(2)9-10-23/h12-13,17H,3-11,14-15H2,1-2H3. The molecular weight excluding hydrogens is 346 g/mol. The van der Waals surface area contributed by atoms with Crippen LogP contribution in [0.5, 0.6) is 0 Å². The van der Waals surface area contributed by atoms with E-state index in [1.807, 2.05) is 6.92 Å². The molecule has 0 spiro atoms. The number of hydrogen-bond acceptors (Lipinski definition) is 6. The second-order valence-electron chi connectivity index (χ2n) is 7.42. The van der Waals surface area contributed by atoms with Gasteiger partial charge in [0.05, 0.1) is 18.0 Å². The van der Waals surface area contributed by atoms with Crippen LogP contribution in [0, 0.1) is 0 Å². The van der Waals surface area contributed by atoms with E-state index in [1.54, 1.807) is 17.2 Å². The molecule has 2 saturated heterocycles. The first-order valence-electron chi connectivity index (χ1n) is 9.97. The summed E-state index contributed by atoms with van der Waals surface area (Å²) in [6.45, 7) is 7.71. The molecule has 0 N–H and O–H groups in total. The molecule has 1 aromatic heterocycles. The van der Waals surface area contributed by atoms with Crippen LogP contribution in [0.3, 0.4) is 0 Å². The van der Waals surface area contributed by atoms with Gasteiger partial charge in [0.25, 0.3) is 5.56 Å². The molecule has 150 valence electrons. The maximum absolute atomic E-state index is 12.6. The second-order valence-corrected chi connectivity index (χ2v) is 7.42. The summed E-state index contributed by atoms with van der Waals surface area (Å²) in [7, 11) is 2.11. The van der Waals surface area contributed by atoms with Crippen LogP contribution >= 0.6 is 0 Å². The minimum atomic E-state index is -0.230. The molecule has 2 fully saturated rings. The van der Waals surface area contributed by atoms with Crippen LogP contribution in [0.15, 0.2) is 17.1 Å². The molecule has 3 rings (SSSR count). The van der Waals surface area contributed by atoms with E-state index in [-0.39, 0.29) is 24.1 Å². The monoisotopic (exact) mass is 377 g/mol. The highest BCUT2D eigenvalue weighted by atomic mass is 16.5. The maximum atomic E-state index is 12.6. The van der Waals surface area contributed by atoms with E-state index in [0.717, 1.165) is 57.7 Å². The molecule has 0 aliphatic carbocycles. The van der Waals surface area contributed by atoms with E-state index >= 15 is 0 Å². The third-order valence-corrected chi connectivity index (χ3v) is 5.41. The fraction of sp³-hybridized carbons (Fsp3) is 0.737. The van der Waals surface area contributed by atoms with E-state index in [9.17, 15) is 9.59 Å². The van der Waals surface area contributed by atoms with Gasteiger partial charge in [-0.2, -0.15) is 5.10 Å². The minimum Gasteiger partial charge on any atom is -0.376 e. The molecule has 0 radical (unpaired) electrons. The minimum absolute atomic E-state index is 0.0254. The molecule has 2 aliphatic rings. The third-order valence-electron chi connectivity index (χ3n) is 5.41. The fourth-order valence-electron chi connectivity index (χ4n) is 3.69. The van der Waals surface area contributed by atoms with Gasteiger partial charge in [0.2, 0.25) is 5.91 Å². The Morgan fingerprint density at radius 2 is 2.15 bits per heavy atom. The Hall–Kier alpha value is -1.93. The van der Waals surface area contributed by atoms with Crippen molar-refractivity contribution in [2.45, 2.75) is 38.8 Å². The summed E-state index contributed by atoms with van der Waals surface area (Å²) in [4.78, 5) is 31.3. The number of ether oxygens (including phenoxy) is 1. The van der Waals surface area contributed by atoms with Crippen LogP contribution in [0.25, 0.3) is 0 Å². The highest BCUT2D eigenvalue weighted by molar-refractivity contribution is 5.75. The number of carbonyl (C=O) groups is 1. The van der Waals surface area contributed by atoms with Gasteiger partial charge in [-0.15, -0.1) is 0 Å². The largest absolute Gasteiger partial charge is 0.376 e. The number of aromatic nitrogens is 2. The average Bonchev–Trinajstić information content (AvgIpc) is 3.08. The zero-order valence-electron chi connectivity index (χ0n) is 16.5. The Bertz CT molecular complexity index is 686. The van der Waals surface area contributed by atoms with Crippen molar-refractivity contribution in [2.75, 3.05) is 57.8 Å². The van der Waals surface area contributed by atoms with Gasteiger partial charge < -0.3 is 19.4 Å². The number of anilines is 1. The first-order valence-corrected chi connectivity index (χ1v) is 9.97. The summed E-state index contributed by atoms with van der Waals surface area (Å²) in [5, 5.41) is 4.26. The summed E-state index contributed by atoms with van der Waals surface area (Å²) < 4.78 is 6.88. The van der Waals surface area contributed by atoms with Gasteiger partial charge in [-0.1, -0.05) is 0 Å². The Kier molecular flexibility index (Phi) is 6.84. The lowest BCUT2D eigenvalue weighted by Crippen LogP contribution is -2.41. The van der Waals surface area contributed by atoms with Crippen LogP contribution in [-0.4, -0.2) is 84.5 Å². The smallest absolute Gasteiger partial charge is 0.269 e. The first-order chi connectivity index (χ1) is 13.1. The van der Waals surface area contributed by atoms with Gasteiger partial charge in [-0.25, -0.2) is 4.68 Å². The van der Waals surface area contributed by atoms with Crippen molar-refractivity contribution in [3.63, 3.8) is 0 Å².